The lowest BCUT2D eigenvalue weighted by atomic mass is 10.0. The summed E-state index contributed by atoms with van der Waals surface area (Å²) in [5.74, 6) is -1.05. The summed E-state index contributed by atoms with van der Waals surface area (Å²) < 4.78 is 73.9. The van der Waals surface area contributed by atoms with E-state index in [0.717, 1.165) is 27.5 Å². The molecule has 0 atom stereocenters. The van der Waals surface area contributed by atoms with Crippen molar-refractivity contribution in [2.75, 3.05) is 0 Å². The van der Waals surface area contributed by atoms with E-state index in [1.165, 1.54) is 35.0 Å². The first-order valence-corrected chi connectivity index (χ1v) is 13.0. The van der Waals surface area contributed by atoms with E-state index in [9.17, 15) is 26.4 Å². The highest BCUT2D eigenvalue weighted by Gasteiger charge is 2.34. The van der Waals surface area contributed by atoms with Crippen LogP contribution in [0.5, 0.6) is 11.5 Å². The minimum atomic E-state index is -4.68. The van der Waals surface area contributed by atoms with Crippen molar-refractivity contribution in [3.63, 3.8) is 0 Å². The smallest absolute Gasteiger partial charge is 0.451 e. The summed E-state index contributed by atoms with van der Waals surface area (Å²) in [4.78, 5) is 19.2. The number of hydrogen-bond acceptors (Lipinski definition) is 6. The third kappa shape index (κ3) is 4.90. The number of rotatable bonds is 5. The summed E-state index contributed by atoms with van der Waals surface area (Å²) in [7, 11) is -2.48. The van der Waals surface area contributed by atoms with Crippen LogP contribution in [0, 0.1) is 13.8 Å². The maximum Gasteiger partial charge on any atom is 0.451 e. The Morgan fingerprint density at radius 1 is 0.872 bits per heavy atom. The maximum absolute atomic E-state index is 13.6. The van der Waals surface area contributed by atoms with E-state index in [4.69, 9.17) is 4.74 Å². The van der Waals surface area contributed by atoms with Crippen LogP contribution in [0.15, 0.2) is 82.9 Å². The van der Waals surface area contributed by atoms with Gasteiger partial charge in [-0.3, -0.25) is 4.79 Å². The van der Waals surface area contributed by atoms with E-state index in [1.54, 1.807) is 44.3 Å². The van der Waals surface area contributed by atoms with E-state index in [0.29, 0.717) is 22.2 Å². The van der Waals surface area contributed by atoms with Crippen LogP contribution in [-0.2, 0) is 23.2 Å². The fraction of sp³-hybridized carbons (Fsp3) is 0.148. The van der Waals surface area contributed by atoms with Gasteiger partial charge in [-0.2, -0.15) is 13.2 Å². The number of halogens is 3. The molecule has 0 unspecified atom stereocenters. The molecule has 0 radical (unpaired) electrons. The van der Waals surface area contributed by atoms with Crippen molar-refractivity contribution in [1.29, 1.82) is 0 Å². The molecule has 0 saturated heterocycles. The zero-order valence-electron chi connectivity index (χ0n) is 20.9. The Morgan fingerprint density at radius 2 is 1.54 bits per heavy atom. The van der Waals surface area contributed by atoms with E-state index >= 15 is 0 Å². The Hall–Kier alpha value is -4.45. The van der Waals surface area contributed by atoms with Crippen molar-refractivity contribution in [3.8, 4) is 22.6 Å². The van der Waals surface area contributed by atoms with Crippen LogP contribution in [0.4, 0.5) is 13.2 Å². The number of pyridine rings is 1. The summed E-state index contributed by atoms with van der Waals surface area (Å²) in [6, 6.07) is 14.2. The SMILES string of the molecule is Cc1ccc(S(=O)(=O)n2cc(-c3cc(C)cc(Oc4cnc(C(F)(F)F)nc4)c3)c3c2ccc(=O)n3C)cc1. The van der Waals surface area contributed by atoms with Crippen LogP contribution in [0.1, 0.15) is 17.0 Å². The first-order chi connectivity index (χ1) is 18.3. The molecule has 5 aromatic rings. The first-order valence-electron chi connectivity index (χ1n) is 11.6. The highest BCUT2D eigenvalue weighted by Crippen LogP contribution is 2.36. The normalized spacial score (nSPS) is 12.2. The lowest BCUT2D eigenvalue weighted by Crippen LogP contribution is -2.17. The number of alkyl halides is 3. The molecule has 0 N–H and O–H groups in total. The minimum Gasteiger partial charge on any atom is -0.454 e. The van der Waals surface area contributed by atoms with Crippen molar-refractivity contribution in [3.05, 3.63) is 100 Å². The van der Waals surface area contributed by atoms with Gasteiger partial charge in [0.1, 0.15) is 5.75 Å². The molecule has 0 saturated carbocycles. The van der Waals surface area contributed by atoms with Gasteiger partial charge < -0.3 is 9.30 Å². The molecule has 12 heteroatoms. The van der Waals surface area contributed by atoms with E-state index in [1.807, 2.05) is 6.92 Å². The van der Waals surface area contributed by atoms with Gasteiger partial charge in [0.2, 0.25) is 5.82 Å². The summed E-state index contributed by atoms with van der Waals surface area (Å²) in [5, 5.41) is 0. The molecule has 0 aliphatic carbocycles. The van der Waals surface area contributed by atoms with E-state index in [2.05, 4.69) is 9.97 Å². The minimum absolute atomic E-state index is 0.0173. The monoisotopic (exact) mass is 554 g/mol. The number of benzene rings is 2. The van der Waals surface area contributed by atoms with Crippen LogP contribution >= 0.6 is 0 Å². The summed E-state index contributed by atoms with van der Waals surface area (Å²) in [6.07, 6.45) is -1.40. The second-order valence-corrected chi connectivity index (χ2v) is 10.8. The lowest BCUT2D eigenvalue weighted by molar-refractivity contribution is -0.145. The molecule has 0 spiro atoms. The number of nitrogens with zero attached hydrogens (tertiary/aromatic N) is 4. The Morgan fingerprint density at radius 3 is 2.18 bits per heavy atom. The third-order valence-corrected chi connectivity index (χ3v) is 7.78. The van der Waals surface area contributed by atoms with Gasteiger partial charge in [-0.05, 0) is 55.3 Å². The number of fused-ring (bicyclic) bond motifs is 1. The zero-order chi connectivity index (χ0) is 28.1. The second kappa shape index (κ2) is 9.38. The van der Waals surface area contributed by atoms with Gasteiger partial charge in [0, 0.05) is 24.9 Å². The molecular weight excluding hydrogens is 533 g/mol. The summed E-state index contributed by atoms with van der Waals surface area (Å²) >= 11 is 0. The van der Waals surface area contributed by atoms with Crippen LogP contribution in [0.2, 0.25) is 0 Å². The average molecular weight is 555 g/mol. The number of aryl methyl sites for hydroxylation is 3. The quantitative estimate of drug-likeness (QED) is 0.286. The fourth-order valence-electron chi connectivity index (χ4n) is 4.22. The standard InChI is InChI=1S/C27H21F3N4O4S/c1-16-4-6-21(7-5-16)39(36,37)34-15-22(25-23(34)8-9-24(35)33(25)3)18-10-17(2)11-19(12-18)38-20-13-31-26(32-14-20)27(28,29)30/h4-15H,1-3H3. The van der Waals surface area contributed by atoms with Crippen LogP contribution in [0.3, 0.4) is 0 Å². The van der Waals surface area contributed by atoms with Crippen molar-refractivity contribution < 1.29 is 26.3 Å². The highest BCUT2D eigenvalue weighted by molar-refractivity contribution is 7.90. The molecule has 0 aliphatic heterocycles. The van der Waals surface area contributed by atoms with Crippen LogP contribution in [-0.4, -0.2) is 26.9 Å². The first kappa shape index (κ1) is 26.2. The van der Waals surface area contributed by atoms with Gasteiger partial charge in [-0.25, -0.2) is 22.4 Å². The number of ether oxygens (including phenoxy) is 1. The van der Waals surface area contributed by atoms with Gasteiger partial charge >= 0.3 is 6.18 Å². The molecule has 200 valence electrons. The Labute approximate surface area is 221 Å². The average Bonchev–Trinajstić information content (AvgIpc) is 3.27. The molecule has 3 heterocycles. The highest BCUT2D eigenvalue weighted by atomic mass is 32.2. The van der Waals surface area contributed by atoms with Crippen molar-refractivity contribution in [1.82, 2.24) is 18.5 Å². The van der Waals surface area contributed by atoms with Gasteiger partial charge in [-0.15, -0.1) is 0 Å². The second-order valence-electron chi connectivity index (χ2n) is 9.00. The zero-order valence-corrected chi connectivity index (χ0v) is 21.7. The predicted molar refractivity (Wildman–Crippen MR) is 138 cm³/mol. The topological polar surface area (TPSA) is 96.1 Å². The largest absolute Gasteiger partial charge is 0.454 e. The molecule has 0 aliphatic rings. The van der Waals surface area contributed by atoms with Crippen molar-refractivity contribution in [2.24, 2.45) is 7.05 Å². The van der Waals surface area contributed by atoms with Gasteiger partial charge in [-0.1, -0.05) is 23.8 Å². The molecule has 2 aromatic carbocycles. The van der Waals surface area contributed by atoms with E-state index in [-0.39, 0.29) is 22.0 Å². The van der Waals surface area contributed by atoms with Gasteiger partial charge in [0.15, 0.2) is 5.75 Å². The fourth-order valence-corrected chi connectivity index (χ4v) is 5.57. The Bertz CT molecular complexity index is 1880. The molecule has 0 bridgehead atoms. The van der Waals surface area contributed by atoms with Gasteiger partial charge in [0.25, 0.3) is 15.6 Å². The van der Waals surface area contributed by atoms with E-state index < -0.39 is 22.0 Å². The van der Waals surface area contributed by atoms with Crippen LogP contribution < -0.4 is 10.3 Å². The molecule has 3 aromatic heterocycles. The van der Waals surface area contributed by atoms with Crippen LogP contribution in [0.25, 0.3) is 22.2 Å². The lowest BCUT2D eigenvalue weighted by Gasteiger charge is -2.10. The molecule has 8 nitrogen and oxygen atoms in total. The van der Waals surface area contributed by atoms with Gasteiger partial charge in [0.05, 0.1) is 28.3 Å². The Balaban J connectivity index is 1.64. The molecular formula is C27H21F3N4O4S. The third-order valence-electron chi connectivity index (χ3n) is 6.09. The summed E-state index contributed by atoms with van der Waals surface area (Å²) in [5.41, 5.74) is 2.94. The number of aromatic nitrogens is 4. The molecule has 0 fully saturated rings. The molecule has 39 heavy (non-hydrogen) atoms. The maximum atomic E-state index is 13.6. The summed E-state index contributed by atoms with van der Waals surface area (Å²) in [6.45, 7) is 3.63. The number of hydrogen-bond donors (Lipinski definition) is 0. The predicted octanol–water partition coefficient (Wildman–Crippen LogP) is 5.46. The van der Waals surface area contributed by atoms with Crippen molar-refractivity contribution in [2.45, 2.75) is 24.9 Å². The van der Waals surface area contributed by atoms with Crippen molar-refractivity contribution >= 4 is 21.1 Å². The molecule has 0 amide bonds. The Kier molecular flexibility index (Phi) is 6.30. The molecule has 5 rings (SSSR count).